The third-order valence-electron chi connectivity index (χ3n) is 3.14. The summed E-state index contributed by atoms with van der Waals surface area (Å²) in [7, 11) is 0. The highest BCUT2D eigenvalue weighted by atomic mass is 35.5. The lowest BCUT2D eigenvalue weighted by Gasteiger charge is -2.08. The van der Waals surface area contributed by atoms with E-state index in [1.165, 1.54) is 11.3 Å². The summed E-state index contributed by atoms with van der Waals surface area (Å²) < 4.78 is 0. The van der Waals surface area contributed by atoms with Gasteiger partial charge in [-0.25, -0.2) is 0 Å². The zero-order chi connectivity index (χ0) is 15.0. The molecule has 21 heavy (non-hydrogen) atoms. The zero-order valence-corrected chi connectivity index (χ0v) is 12.6. The van der Waals surface area contributed by atoms with E-state index < -0.39 is 0 Å². The number of fused-ring (bicyclic) bond motifs is 1. The minimum absolute atomic E-state index is 0.277. The van der Waals surface area contributed by atoms with Crippen LogP contribution in [-0.2, 0) is 0 Å². The first-order valence-electron chi connectivity index (χ1n) is 6.14. The Bertz CT molecular complexity index is 846. The van der Waals surface area contributed by atoms with Gasteiger partial charge in [0.25, 0.3) is 5.91 Å². The van der Waals surface area contributed by atoms with Crippen LogP contribution in [0.3, 0.4) is 0 Å². The van der Waals surface area contributed by atoms with Crippen LogP contribution in [-0.4, -0.2) is 16.1 Å². The van der Waals surface area contributed by atoms with Crippen LogP contribution in [0.15, 0.2) is 30.5 Å². The summed E-state index contributed by atoms with van der Waals surface area (Å²) in [6.07, 6.45) is 1.55. The average molecular weight is 319 g/mol. The predicted octanol–water partition coefficient (Wildman–Crippen LogP) is 3.49. The van der Waals surface area contributed by atoms with Gasteiger partial charge < -0.3 is 11.1 Å². The van der Waals surface area contributed by atoms with Crippen LogP contribution >= 0.6 is 22.9 Å². The number of nitrogens with zero attached hydrogens (tertiary/aromatic N) is 2. The molecule has 2 heterocycles. The predicted molar refractivity (Wildman–Crippen MR) is 86.0 cm³/mol. The van der Waals surface area contributed by atoms with Crippen molar-refractivity contribution in [1.82, 2.24) is 10.2 Å². The Balaban J connectivity index is 1.97. The minimum Gasteiger partial charge on any atom is -0.397 e. The highest BCUT2D eigenvalue weighted by molar-refractivity contribution is 7.21. The van der Waals surface area contributed by atoms with Crippen molar-refractivity contribution in [1.29, 1.82) is 0 Å². The van der Waals surface area contributed by atoms with E-state index >= 15 is 0 Å². The van der Waals surface area contributed by atoms with E-state index in [9.17, 15) is 4.79 Å². The van der Waals surface area contributed by atoms with Gasteiger partial charge in [-0.2, -0.15) is 5.10 Å². The summed E-state index contributed by atoms with van der Waals surface area (Å²) in [5.41, 5.74) is 7.91. The molecule has 0 fully saturated rings. The number of hydrogen-bond donors (Lipinski definition) is 2. The summed E-state index contributed by atoms with van der Waals surface area (Å²) in [5.74, 6) is -0.277. The lowest BCUT2D eigenvalue weighted by Crippen LogP contribution is -2.12. The Hall–Kier alpha value is -2.18. The van der Waals surface area contributed by atoms with Crippen molar-refractivity contribution in [3.63, 3.8) is 0 Å². The number of rotatable bonds is 2. The minimum atomic E-state index is -0.277. The number of anilines is 2. The van der Waals surface area contributed by atoms with Gasteiger partial charge in [0.1, 0.15) is 9.71 Å². The molecule has 3 aromatic rings. The number of carbonyl (C=O) groups is 1. The monoisotopic (exact) mass is 318 g/mol. The third-order valence-corrected chi connectivity index (χ3v) is 4.66. The summed E-state index contributed by atoms with van der Waals surface area (Å²) in [5, 5.41) is 11.9. The second-order valence-corrected chi connectivity index (χ2v) is 5.87. The summed E-state index contributed by atoms with van der Waals surface area (Å²) >= 11 is 7.26. The summed E-state index contributed by atoms with van der Waals surface area (Å²) in [4.78, 5) is 13.5. The average Bonchev–Trinajstić information content (AvgIpc) is 2.82. The van der Waals surface area contributed by atoms with Gasteiger partial charge in [-0.3, -0.25) is 4.79 Å². The van der Waals surface area contributed by atoms with Gasteiger partial charge in [0.2, 0.25) is 0 Å². The standard InChI is InChI=1S/C14H11ClN4OS/c1-7-9(15)3-2-4-10(7)18-13(20)12-11(16)8-5-6-17-19-14(8)21-12/h2-6H,16H2,1H3,(H,18,20). The van der Waals surface area contributed by atoms with Crippen molar-refractivity contribution in [3.8, 4) is 0 Å². The zero-order valence-electron chi connectivity index (χ0n) is 11.1. The molecule has 1 aromatic carbocycles. The molecular formula is C14H11ClN4OS. The molecule has 0 aliphatic rings. The topological polar surface area (TPSA) is 80.9 Å². The number of nitrogen functional groups attached to an aromatic ring is 1. The van der Waals surface area contributed by atoms with Crippen LogP contribution in [0.25, 0.3) is 10.2 Å². The molecule has 0 saturated heterocycles. The number of benzene rings is 1. The Morgan fingerprint density at radius 2 is 2.19 bits per heavy atom. The van der Waals surface area contributed by atoms with Crippen LogP contribution in [0.2, 0.25) is 5.02 Å². The Labute approximate surface area is 129 Å². The molecule has 0 atom stereocenters. The Kier molecular flexibility index (Phi) is 3.48. The van der Waals surface area contributed by atoms with E-state index in [4.69, 9.17) is 17.3 Å². The first-order chi connectivity index (χ1) is 10.1. The number of thiophene rings is 1. The molecule has 1 amide bonds. The Morgan fingerprint density at radius 1 is 1.38 bits per heavy atom. The molecule has 0 saturated carbocycles. The smallest absolute Gasteiger partial charge is 0.267 e. The first kappa shape index (κ1) is 13.8. The fourth-order valence-corrected chi connectivity index (χ4v) is 3.07. The van der Waals surface area contributed by atoms with E-state index in [1.807, 2.05) is 6.92 Å². The summed E-state index contributed by atoms with van der Waals surface area (Å²) in [6, 6.07) is 7.10. The second kappa shape index (κ2) is 5.31. The van der Waals surface area contributed by atoms with E-state index in [0.717, 1.165) is 10.9 Å². The lowest BCUT2D eigenvalue weighted by atomic mass is 10.2. The number of nitrogens with two attached hydrogens (primary N) is 1. The van der Waals surface area contributed by atoms with Crippen LogP contribution in [0, 0.1) is 6.92 Å². The maximum atomic E-state index is 12.4. The van der Waals surface area contributed by atoms with Gasteiger partial charge in [0.15, 0.2) is 0 Å². The molecule has 0 aliphatic heterocycles. The van der Waals surface area contributed by atoms with Gasteiger partial charge in [-0.05, 0) is 30.7 Å². The second-order valence-electron chi connectivity index (χ2n) is 4.46. The van der Waals surface area contributed by atoms with Crippen molar-refractivity contribution in [3.05, 3.63) is 45.9 Å². The molecule has 0 aliphatic carbocycles. The molecule has 3 rings (SSSR count). The fourth-order valence-electron chi connectivity index (χ4n) is 1.96. The highest BCUT2D eigenvalue weighted by Gasteiger charge is 2.18. The van der Waals surface area contributed by atoms with Crippen molar-refractivity contribution in [2.24, 2.45) is 0 Å². The molecule has 0 bridgehead atoms. The summed E-state index contributed by atoms with van der Waals surface area (Å²) in [6.45, 7) is 1.84. The number of carbonyl (C=O) groups excluding carboxylic acids is 1. The molecule has 106 valence electrons. The maximum absolute atomic E-state index is 12.4. The van der Waals surface area contributed by atoms with Crippen molar-refractivity contribution >= 4 is 50.4 Å². The SMILES string of the molecule is Cc1c(Cl)cccc1NC(=O)c1sc2nnccc2c1N. The molecule has 0 unspecified atom stereocenters. The normalized spacial score (nSPS) is 10.8. The van der Waals surface area contributed by atoms with Gasteiger partial charge in [-0.1, -0.05) is 17.7 Å². The van der Waals surface area contributed by atoms with E-state index in [1.54, 1.807) is 30.5 Å². The van der Waals surface area contributed by atoms with Crippen LogP contribution in [0.1, 0.15) is 15.2 Å². The maximum Gasteiger partial charge on any atom is 0.267 e. The van der Waals surface area contributed by atoms with E-state index in [2.05, 4.69) is 15.5 Å². The molecular weight excluding hydrogens is 308 g/mol. The van der Waals surface area contributed by atoms with E-state index in [-0.39, 0.29) is 5.91 Å². The van der Waals surface area contributed by atoms with E-state index in [0.29, 0.717) is 26.1 Å². The third kappa shape index (κ3) is 2.43. The molecule has 0 radical (unpaired) electrons. The van der Waals surface area contributed by atoms with Crippen molar-refractivity contribution in [2.45, 2.75) is 6.92 Å². The number of halogens is 1. The molecule has 0 spiro atoms. The van der Waals surface area contributed by atoms with Crippen molar-refractivity contribution < 1.29 is 4.79 Å². The van der Waals surface area contributed by atoms with Gasteiger partial charge in [0.05, 0.1) is 11.9 Å². The van der Waals surface area contributed by atoms with Crippen LogP contribution in [0.5, 0.6) is 0 Å². The van der Waals surface area contributed by atoms with Crippen molar-refractivity contribution in [2.75, 3.05) is 11.1 Å². The first-order valence-corrected chi connectivity index (χ1v) is 7.33. The quantitative estimate of drug-likeness (QED) is 0.758. The number of nitrogens with one attached hydrogen (secondary N) is 1. The molecule has 7 heteroatoms. The largest absolute Gasteiger partial charge is 0.397 e. The van der Waals surface area contributed by atoms with Crippen LogP contribution in [0.4, 0.5) is 11.4 Å². The number of aromatic nitrogens is 2. The number of hydrogen-bond acceptors (Lipinski definition) is 5. The lowest BCUT2D eigenvalue weighted by molar-refractivity contribution is 0.103. The van der Waals surface area contributed by atoms with Gasteiger partial charge in [0, 0.05) is 16.1 Å². The van der Waals surface area contributed by atoms with Gasteiger partial charge >= 0.3 is 0 Å². The van der Waals surface area contributed by atoms with Gasteiger partial charge in [-0.15, -0.1) is 16.4 Å². The fraction of sp³-hybridized carbons (Fsp3) is 0.0714. The number of amides is 1. The highest BCUT2D eigenvalue weighted by Crippen LogP contribution is 2.32. The molecule has 5 nitrogen and oxygen atoms in total. The Morgan fingerprint density at radius 3 is 2.95 bits per heavy atom. The molecule has 3 N–H and O–H groups in total. The van der Waals surface area contributed by atoms with Crippen LogP contribution < -0.4 is 11.1 Å². The molecule has 2 aromatic heterocycles.